The van der Waals surface area contributed by atoms with Gasteiger partial charge in [0.1, 0.15) is 0 Å². The highest BCUT2D eigenvalue weighted by Gasteiger charge is 2.38. The minimum absolute atomic E-state index is 0.212. The number of fused-ring (bicyclic) bond motifs is 1. The van der Waals surface area contributed by atoms with Gasteiger partial charge in [-0.2, -0.15) is 0 Å². The summed E-state index contributed by atoms with van der Waals surface area (Å²) in [7, 11) is 0. The van der Waals surface area contributed by atoms with Gasteiger partial charge in [0.25, 0.3) is 0 Å². The number of likely N-dealkylation sites (tertiary alicyclic amines) is 2. The monoisotopic (exact) mass is 350 g/mol. The second-order valence-electron chi connectivity index (χ2n) is 7.04. The van der Waals surface area contributed by atoms with Crippen LogP contribution in [0.5, 0.6) is 0 Å². The van der Waals surface area contributed by atoms with Gasteiger partial charge in [0.15, 0.2) is 0 Å². The number of halogens is 1. The fraction of sp³-hybridized carbons (Fsp3) is 0.632. The standard InChI is InChI=1S/C19H27ClN2O2/c20-17-5-3-4-15(12-17)13-21-10-8-18-16(14-21)6-7-19(24)22(18)9-1-2-11-23/h3-5,12,16,18,23H,1-2,6-11,13-14H2/t16-,18+/m0/s1. The molecule has 24 heavy (non-hydrogen) atoms. The van der Waals surface area contributed by atoms with Crippen molar-refractivity contribution in [1.82, 2.24) is 9.80 Å². The van der Waals surface area contributed by atoms with E-state index in [0.717, 1.165) is 56.9 Å². The van der Waals surface area contributed by atoms with E-state index in [4.69, 9.17) is 16.7 Å². The molecular weight excluding hydrogens is 324 g/mol. The number of piperidine rings is 2. The van der Waals surface area contributed by atoms with Crippen molar-refractivity contribution in [2.45, 2.75) is 44.7 Å². The Hall–Kier alpha value is -1.10. The molecule has 5 heteroatoms. The molecule has 2 aliphatic rings. The summed E-state index contributed by atoms with van der Waals surface area (Å²) >= 11 is 6.09. The van der Waals surface area contributed by atoms with Gasteiger partial charge < -0.3 is 10.0 Å². The molecule has 3 rings (SSSR count). The Bertz CT molecular complexity index is 566. The highest BCUT2D eigenvalue weighted by Crippen LogP contribution is 2.32. The van der Waals surface area contributed by atoms with E-state index >= 15 is 0 Å². The largest absolute Gasteiger partial charge is 0.396 e. The van der Waals surface area contributed by atoms with Gasteiger partial charge in [-0.05, 0) is 49.3 Å². The molecule has 1 aromatic carbocycles. The highest BCUT2D eigenvalue weighted by molar-refractivity contribution is 6.30. The van der Waals surface area contributed by atoms with Gasteiger partial charge in [0, 0.05) is 50.3 Å². The van der Waals surface area contributed by atoms with Crippen molar-refractivity contribution >= 4 is 17.5 Å². The average Bonchev–Trinajstić information content (AvgIpc) is 2.57. The molecule has 0 aliphatic carbocycles. The Morgan fingerprint density at radius 1 is 1.25 bits per heavy atom. The fourth-order valence-electron chi connectivity index (χ4n) is 4.15. The van der Waals surface area contributed by atoms with Crippen LogP contribution in [0.15, 0.2) is 24.3 Å². The zero-order valence-electron chi connectivity index (χ0n) is 14.2. The lowest BCUT2D eigenvalue weighted by Crippen LogP contribution is -2.55. The summed E-state index contributed by atoms with van der Waals surface area (Å²) in [4.78, 5) is 16.9. The van der Waals surface area contributed by atoms with Gasteiger partial charge in [-0.25, -0.2) is 0 Å². The van der Waals surface area contributed by atoms with Crippen LogP contribution in [-0.2, 0) is 11.3 Å². The molecule has 1 aromatic rings. The summed E-state index contributed by atoms with van der Waals surface area (Å²) in [6, 6.07) is 8.48. The maximum Gasteiger partial charge on any atom is 0.222 e. The number of aliphatic hydroxyl groups is 1. The molecule has 2 heterocycles. The molecule has 2 fully saturated rings. The first-order chi connectivity index (χ1) is 11.7. The lowest BCUT2D eigenvalue weighted by Gasteiger charge is -2.47. The maximum absolute atomic E-state index is 12.3. The Morgan fingerprint density at radius 2 is 2.12 bits per heavy atom. The molecule has 0 unspecified atom stereocenters. The number of amides is 1. The van der Waals surface area contributed by atoms with E-state index in [1.165, 1.54) is 5.56 Å². The van der Waals surface area contributed by atoms with E-state index in [-0.39, 0.29) is 6.61 Å². The predicted molar refractivity (Wildman–Crippen MR) is 95.9 cm³/mol. The molecule has 2 aliphatic heterocycles. The third-order valence-corrected chi connectivity index (χ3v) is 5.57. The lowest BCUT2D eigenvalue weighted by atomic mass is 9.83. The fourth-order valence-corrected chi connectivity index (χ4v) is 4.36. The number of unbranched alkanes of at least 4 members (excludes halogenated alkanes) is 1. The number of nitrogens with zero attached hydrogens (tertiary/aromatic N) is 2. The van der Waals surface area contributed by atoms with Crippen LogP contribution in [-0.4, -0.2) is 53.1 Å². The molecule has 2 atom stereocenters. The molecular formula is C19H27ClN2O2. The first-order valence-corrected chi connectivity index (χ1v) is 9.42. The molecule has 132 valence electrons. The second kappa shape index (κ2) is 8.32. The van der Waals surface area contributed by atoms with Gasteiger partial charge in [0.2, 0.25) is 5.91 Å². The van der Waals surface area contributed by atoms with Crippen LogP contribution < -0.4 is 0 Å². The van der Waals surface area contributed by atoms with Gasteiger partial charge in [0.05, 0.1) is 0 Å². The van der Waals surface area contributed by atoms with Crippen LogP contribution in [0.4, 0.5) is 0 Å². The molecule has 1 amide bonds. The lowest BCUT2D eigenvalue weighted by molar-refractivity contribution is -0.141. The van der Waals surface area contributed by atoms with Gasteiger partial charge in [-0.15, -0.1) is 0 Å². The maximum atomic E-state index is 12.3. The van der Waals surface area contributed by atoms with Crippen LogP contribution >= 0.6 is 11.6 Å². The van der Waals surface area contributed by atoms with Gasteiger partial charge >= 0.3 is 0 Å². The number of hydrogen-bond donors (Lipinski definition) is 1. The van der Waals surface area contributed by atoms with Crippen molar-refractivity contribution in [2.24, 2.45) is 5.92 Å². The van der Waals surface area contributed by atoms with E-state index in [1.54, 1.807) is 0 Å². The third-order valence-electron chi connectivity index (χ3n) is 5.33. The molecule has 4 nitrogen and oxygen atoms in total. The summed E-state index contributed by atoms with van der Waals surface area (Å²) in [6.07, 6.45) is 4.41. The first kappa shape index (κ1) is 17.7. The van der Waals surface area contributed by atoms with E-state index in [1.807, 2.05) is 18.2 Å². The summed E-state index contributed by atoms with van der Waals surface area (Å²) in [5.41, 5.74) is 1.26. The minimum atomic E-state index is 0.212. The van der Waals surface area contributed by atoms with E-state index in [2.05, 4.69) is 15.9 Å². The van der Waals surface area contributed by atoms with Crippen molar-refractivity contribution in [3.8, 4) is 0 Å². The summed E-state index contributed by atoms with van der Waals surface area (Å²) in [6.45, 7) is 4.03. The van der Waals surface area contributed by atoms with Crippen LogP contribution in [0, 0.1) is 5.92 Å². The number of carbonyl (C=O) groups is 1. The van der Waals surface area contributed by atoms with Crippen molar-refractivity contribution in [3.63, 3.8) is 0 Å². The van der Waals surface area contributed by atoms with Crippen LogP contribution in [0.2, 0.25) is 5.02 Å². The van der Waals surface area contributed by atoms with Crippen LogP contribution in [0.1, 0.15) is 37.7 Å². The summed E-state index contributed by atoms with van der Waals surface area (Å²) in [5, 5.41) is 9.76. The summed E-state index contributed by atoms with van der Waals surface area (Å²) < 4.78 is 0. The number of carbonyl (C=O) groups excluding carboxylic acids is 1. The summed E-state index contributed by atoms with van der Waals surface area (Å²) in [5.74, 6) is 0.877. The number of benzene rings is 1. The van der Waals surface area contributed by atoms with Gasteiger partial charge in [-0.1, -0.05) is 23.7 Å². The zero-order valence-corrected chi connectivity index (χ0v) is 14.9. The van der Waals surface area contributed by atoms with Crippen molar-refractivity contribution in [2.75, 3.05) is 26.2 Å². The molecule has 0 bridgehead atoms. The van der Waals surface area contributed by atoms with Crippen molar-refractivity contribution in [3.05, 3.63) is 34.9 Å². The molecule has 0 saturated carbocycles. The Morgan fingerprint density at radius 3 is 2.92 bits per heavy atom. The van der Waals surface area contributed by atoms with Crippen LogP contribution in [0.25, 0.3) is 0 Å². The topological polar surface area (TPSA) is 43.8 Å². The highest BCUT2D eigenvalue weighted by atomic mass is 35.5. The molecule has 0 aromatic heterocycles. The SMILES string of the molecule is O=C1CC[C@H]2CN(Cc3cccc(Cl)c3)CC[C@H]2N1CCCCO. The van der Waals surface area contributed by atoms with Crippen LogP contribution in [0.3, 0.4) is 0 Å². The van der Waals surface area contributed by atoms with Crippen molar-refractivity contribution in [1.29, 1.82) is 0 Å². The Labute approximate surface area is 149 Å². The second-order valence-corrected chi connectivity index (χ2v) is 7.47. The van der Waals surface area contributed by atoms with Gasteiger partial charge in [-0.3, -0.25) is 9.69 Å². The number of aliphatic hydroxyl groups excluding tert-OH is 1. The average molecular weight is 351 g/mol. The van der Waals surface area contributed by atoms with E-state index < -0.39 is 0 Å². The predicted octanol–water partition coefficient (Wildman–Crippen LogP) is 2.93. The molecule has 0 radical (unpaired) electrons. The Kier molecular flexibility index (Phi) is 6.14. The van der Waals surface area contributed by atoms with Crippen molar-refractivity contribution < 1.29 is 9.90 Å². The van der Waals surface area contributed by atoms with E-state index in [9.17, 15) is 4.79 Å². The number of rotatable bonds is 6. The molecule has 1 N–H and O–H groups in total. The Balaban J connectivity index is 1.58. The smallest absolute Gasteiger partial charge is 0.222 e. The van der Waals surface area contributed by atoms with E-state index in [0.29, 0.717) is 24.3 Å². The zero-order chi connectivity index (χ0) is 16.9. The third kappa shape index (κ3) is 4.29. The normalized spacial score (nSPS) is 24.9. The first-order valence-electron chi connectivity index (χ1n) is 9.04. The molecule has 2 saturated heterocycles. The number of hydrogen-bond acceptors (Lipinski definition) is 3. The minimum Gasteiger partial charge on any atom is -0.396 e. The quantitative estimate of drug-likeness (QED) is 0.802. The molecule has 0 spiro atoms.